The maximum absolute atomic E-state index is 4.61. The minimum absolute atomic E-state index is 0. The molecular weight excluding hydrogens is 747 g/mol. The largest absolute Gasteiger partial charge is 1.00 e. The van der Waals surface area contributed by atoms with Crippen LogP contribution in [-0.2, 0) is 36.2 Å². The molecule has 0 atom stereocenters. The van der Waals surface area contributed by atoms with E-state index in [0.29, 0.717) is 0 Å². The Morgan fingerprint density at radius 3 is 1.36 bits per heavy atom. The molecule has 6 aromatic carbocycles. The van der Waals surface area contributed by atoms with Crippen LogP contribution in [0, 0.1) is 0 Å². The van der Waals surface area contributed by atoms with Crippen LogP contribution in [0.4, 0.5) is 0 Å². The Kier molecular flexibility index (Phi) is 14.8. The van der Waals surface area contributed by atoms with Gasteiger partial charge in [-0.15, -0.1) is 69.1 Å². The molecule has 6 heteroatoms. The van der Waals surface area contributed by atoms with Crippen LogP contribution in [0.25, 0.3) is 65.6 Å². The van der Waals surface area contributed by atoms with Gasteiger partial charge in [0.15, 0.2) is 0 Å². The van der Waals surface area contributed by atoms with E-state index in [1.165, 1.54) is 78.5 Å². The monoisotopic (exact) mass is 786 g/mol. The van der Waals surface area contributed by atoms with Crippen LogP contribution < -0.4 is 24.8 Å². The molecule has 0 fully saturated rings. The first kappa shape index (κ1) is 39.4. The Labute approximate surface area is 324 Å². The van der Waals surface area contributed by atoms with Crippen molar-refractivity contribution in [3.63, 3.8) is 0 Å². The number of fused-ring (bicyclic) bond motifs is 4. The number of hydrogen-bond donors (Lipinski definition) is 0. The van der Waals surface area contributed by atoms with Crippen LogP contribution in [0.5, 0.6) is 0 Å². The van der Waals surface area contributed by atoms with E-state index in [1.807, 2.05) is 24.5 Å². The standard InChI is InChI=1S/2C21H18N.C2H6Si.2ClH.Zr/c2*1-2-6-15-11-16-8-5-9-19(20(16)12-15)18-13-17-7-3-4-10-21(17)22-14-18;1-3-2;;;/h2*3-5,7-14H,2,6H2,1H3;1-2H3;2*1H;/q2*-1;;;;+2/p-2. The molecule has 50 heavy (non-hydrogen) atoms. The molecule has 8 rings (SSSR count). The first-order chi connectivity index (χ1) is 23.4. The zero-order valence-corrected chi connectivity index (χ0v) is 34.2. The van der Waals surface area contributed by atoms with Crippen LogP contribution in [0.1, 0.15) is 37.8 Å². The molecule has 0 saturated heterocycles. The first-order valence-corrected chi connectivity index (χ1v) is 23.2. The summed E-state index contributed by atoms with van der Waals surface area (Å²) in [5, 5.41) is 7.71. The van der Waals surface area contributed by atoms with Crippen molar-refractivity contribution in [1.82, 2.24) is 9.97 Å². The Bertz CT molecular complexity index is 2180. The first-order valence-electron chi connectivity index (χ1n) is 17.0. The zero-order chi connectivity index (χ0) is 33.5. The molecule has 252 valence electrons. The van der Waals surface area contributed by atoms with E-state index in [2.05, 4.69) is 146 Å². The summed E-state index contributed by atoms with van der Waals surface area (Å²) in [6.45, 7) is 9.07. The molecule has 0 amide bonds. The van der Waals surface area contributed by atoms with Gasteiger partial charge in [0.2, 0.25) is 0 Å². The SMILES string of the molecule is CCCc1cc2c(-c3cnc4ccccc4c3)cccc2[cH-]1.CCCc1cc2c(-c3cnc4ccccc4c3)cccc2[cH-]1.C[Si](C)=[Zr+2].[Cl-].[Cl-]. The number of aryl methyl sites for hydroxylation is 2. The van der Waals surface area contributed by atoms with Crippen molar-refractivity contribution in [3.8, 4) is 22.3 Å². The van der Waals surface area contributed by atoms with E-state index in [-0.39, 0.29) is 30.2 Å². The van der Waals surface area contributed by atoms with Gasteiger partial charge in [-0.3, -0.25) is 9.97 Å². The van der Waals surface area contributed by atoms with Crippen molar-refractivity contribution in [3.05, 3.63) is 145 Å². The molecule has 0 radical (unpaired) electrons. The van der Waals surface area contributed by atoms with Gasteiger partial charge in [0.25, 0.3) is 0 Å². The second kappa shape index (κ2) is 18.7. The van der Waals surface area contributed by atoms with Crippen LogP contribution in [-0.4, -0.2) is 15.4 Å². The molecule has 0 bridgehead atoms. The second-order valence-corrected chi connectivity index (χ2v) is 22.1. The zero-order valence-electron chi connectivity index (χ0n) is 29.2. The average molecular weight is 789 g/mol. The molecule has 0 unspecified atom stereocenters. The van der Waals surface area contributed by atoms with E-state index < -0.39 is 0 Å². The molecule has 2 aromatic heterocycles. The van der Waals surface area contributed by atoms with Crippen molar-refractivity contribution in [2.45, 2.75) is 52.6 Å². The Morgan fingerprint density at radius 2 is 0.960 bits per heavy atom. The number of aromatic nitrogens is 2. The number of pyridine rings is 2. The van der Waals surface area contributed by atoms with Crippen LogP contribution in [0.3, 0.4) is 0 Å². The summed E-state index contributed by atoms with van der Waals surface area (Å²) in [6.07, 6.45) is 8.63. The van der Waals surface area contributed by atoms with Gasteiger partial charge < -0.3 is 24.8 Å². The summed E-state index contributed by atoms with van der Waals surface area (Å²) >= 11 is 1.74. The van der Waals surface area contributed by atoms with Crippen LogP contribution in [0.15, 0.2) is 134 Å². The molecule has 8 aromatic rings. The quantitative estimate of drug-likeness (QED) is 0.147. The minimum atomic E-state index is 0. The number of hydrogen-bond acceptors (Lipinski definition) is 2. The van der Waals surface area contributed by atoms with Gasteiger partial charge in [-0.05, 0) is 48.2 Å². The number of halogens is 2. The van der Waals surface area contributed by atoms with Gasteiger partial charge in [0, 0.05) is 23.2 Å². The molecule has 2 heterocycles. The third-order valence-corrected chi connectivity index (χ3v) is 8.50. The number of nitrogens with zero attached hydrogens (tertiary/aromatic N) is 2. The summed E-state index contributed by atoms with van der Waals surface area (Å²) in [5.74, 6) is 0. The number of rotatable bonds is 6. The van der Waals surface area contributed by atoms with Crippen LogP contribution >= 0.6 is 0 Å². The summed E-state index contributed by atoms with van der Waals surface area (Å²) in [7, 11) is 0. The molecule has 0 spiro atoms. The summed E-state index contributed by atoms with van der Waals surface area (Å²) < 4.78 is 0. The van der Waals surface area contributed by atoms with Crippen molar-refractivity contribution < 1.29 is 48.1 Å². The number of benzene rings is 4. The maximum Gasteiger partial charge on any atom is -1.00 e. The molecule has 0 N–H and O–H groups in total. The Balaban J connectivity index is 0.000000196. The molecule has 2 nitrogen and oxygen atoms in total. The van der Waals surface area contributed by atoms with Gasteiger partial charge in [0.1, 0.15) is 0 Å². The summed E-state index contributed by atoms with van der Waals surface area (Å²) in [4.78, 5) is 9.21. The fraction of sp³-hybridized carbons (Fsp3) is 0.182. The fourth-order valence-electron chi connectivity index (χ4n) is 6.40. The molecular formula is C44H42Cl2N2SiZr-2. The van der Waals surface area contributed by atoms with E-state index in [4.69, 9.17) is 0 Å². The van der Waals surface area contributed by atoms with Gasteiger partial charge in [-0.1, -0.05) is 86.3 Å². The minimum Gasteiger partial charge on any atom is -1.00 e. The van der Waals surface area contributed by atoms with Crippen molar-refractivity contribution in [1.29, 1.82) is 0 Å². The van der Waals surface area contributed by atoms with Crippen LogP contribution in [0.2, 0.25) is 13.1 Å². The molecule has 0 aliphatic heterocycles. The predicted molar refractivity (Wildman–Crippen MR) is 206 cm³/mol. The van der Waals surface area contributed by atoms with Crippen molar-refractivity contribution in [2.24, 2.45) is 0 Å². The van der Waals surface area contributed by atoms with Crippen molar-refractivity contribution in [2.75, 3.05) is 0 Å². The van der Waals surface area contributed by atoms with Gasteiger partial charge in [-0.2, -0.15) is 12.1 Å². The topological polar surface area (TPSA) is 25.8 Å². The van der Waals surface area contributed by atoms with E-state index >= 15 is 0 Å². The normalized spacial score (nSPS) is 10.5. The third-order valence-electron chi connectivity index (χ3n) is 8.50. The van der Waals surface area contributed by atoms with Gasteiger partial charge >= 0.3 is 41.9 Å². The van der Waals surface area contributed by atoms with E-state index in [1.54, 1.807) is 23.3 Å². The summed E-state index contributed by atoms with van der Waals surface area (Å²) in [5.41, 5.74) is 10.1. The second-order valence-electron chi connectivity index (χ2n) is 12.7. The Hall–Kier alpha value is -3.40. The molecule has 0 aliphatic carbocycles. The average Bonchev–Trinajstić information content (AvgIpc) is 3.71. The molecule has 0 aliphatic rings. The van der Waals surface area contributed by atoms with E-state index in [0.717, 1.165) is 23.9 Å². The maximum atomic E-state index is 4.61. The van der Waals surface area contributed by atoms with Crippen molar-refractivity contribution >= 4 is 48.8 Å². The van der Waals surface area contributed by atoms with Gasteiger partial charge in [0.05, 0.1) is 11.0 Å². The Morgan fingerprint density at radius 1 is 0.560 bits per heavy atom. The third kappa shape index (κ3) is 9.47. The summed E-state index contributed by atoms with van der Waals surface area (Å²) in [6, 6.07) is 43.4. The number of para-hydroxylation sites is 2. The van der Waals surface area contributed by atoms with E-state index in [9.17, 15) is 0 Å². The smallest absolute Gasteiger partial charge is 1.00 e. The molecule has 0 saturated carbocycles. The fourth-order valence-corrected chi connectivity index (χ4v) is 6.40. The predicted octanol–water partition coefficient (Wildman–Crippen LogP) is 6.25. The van der Waals surface area contributed by atoms with Gasteiger partial charge in [-0.25, -0.2) is 0 Å².